The van der Waals surface area contributed by atoms with E-state index >= 15 is 0 Å². The van der Waals surface area contributed by atoms with Crippen LogP contribution in [0.1, 0.15) is 37.9 Å². The van der Waals surface area contributed by atoms with Crippen LogP contribution in [-0.2, 0) is 55.3 Å². The van der Waals surface area contributed by atoms with Crippen molar-refractivity contribution in [2.75, 3.05) is 44.2 Å². The van der Waals surface area contributed by atoms with Crippen LogP contribution >= 0.6 is 23.2 Å². The minimum atomic E-state index is -5.25. The minimum absolute atomic E-state index is 0.0454. The zero-order valence-electron chi connectivity index (χ0n) is 33.4. The van der Waals surface area contributed by atoms with Gasteiger partial charge in [-0.05, 0) is 0 Å². The Bertz CT molecular complexity index is 2830. The highest BCUT2D eigenvalue weighted by molar-refractivity contribution is 7.51. The third-order valence-electron chi connectivity index (χ3n) is 10.4. The second-order valence-corrected chi connectivity index (χ2v) is 19.3. The molecule has 9 rings (SSSR count). The molecule has 3 saturated heterocycles. The van der Waals surface area contributed by atoms with Gasteiger partial charge >= 0.3 is 23.2 Å². The number of phosphoric ester groups is 2. The van der Waals surface area contributed by atoms with E-state index in [1.54, 1.807) is 4.57 Å². The Labute approximate surface area is 359 Å². The Balaban J connectivity index is 0.927. The zero-order valence-corrected chi connectivity index (χ0v) is 36.1. The Kier molecular flexibility index (Phi) is 12.0. The quantitative estimate of drug-likeness (QED) is 0.0735. The molecule has 0 aromatic carbocycles. The van der Waals surface area contributed by atoms with Crippen molar-refractivity contribution in [2.24, 2.45) is 0 Å². The van der Waals surface area contributed by atoms with Gasteiger partial charge in [-0.3, -0.25) is 36.4 Å². The maximum absolute atomic E-state index is 14.0. The lowest BCUT2D eigenvalue weighted by atomic mass is 10.2. The number of hydrogen-bond acceptors (Lipinski definition) is 24. The van der Waals surface area contributed by atoms with Gasteiger partial charge in [0.15, 0.2) is 40.7 Å². The van der Waals surface area contributed by atoms with E-state index in [9.17, 15) is 28.4 Å². The molecule has 0 aliphatic carbocycles. The minimum Gasteiger partial charge on any atom is -0.382 e. The first kappa shape index (κ1) is 44.5. The lowest BCUT2D eigenvalue weighted by Gasteiger charge is -2.26. The second-order valence-electron chi connectivity index (χ2n) is 14.7. The summed E-state index contributed by atoms with van der Waals surface area (Å²) in [6, 6.07) is 0. The summed E-state index contributed by atoms with van der Waals surface area (Å²) in [5.74, 6) is 0.296. The summed E-state index contributed by atoms with van der Waals surface area (Å²) >= 11 is 0. The highest BCUT2D eigenvalue weighted by atomic mass is 31.2. The lowest BCUT2D eigenvalue weighted by molar-refractivity contribution is -0.138. The zero-order chi connectivity index (χ0) is 45.1. The number of fused-ring (bicyclic) bond motifs is 3. The third kappa shape index (κ3) is 9.08. The number of phosphoric acid groups is 2. The van der Waals surface area contributed by atoms with Crippen molar-refractivity contribution in [2.45, 2.75) is 74.8 Å². The van der Waals surface area contributed by atoms with Gasteiger partial charge in [-0.15, -0.1) is 0 Å². The molecule has 3 fully saturated rings. The van der Waals surface area contributed by atoms with Gasteiger partial charge in [0.1, 0.15) is 78.6 Å². The van der Waals surface area contributed by atoms with Crippen LogP contribution in [0.2, 0.25) is 0 Å². The molecule has 6 aromatic rings. The molecule has 0 bridgehead atoms. The smallest absolute Gasteiger partial charge is 0.382 e. The molecule has 33 heteroatoms. The molecule has 30 nitrogen and oxygen atoms in total. The van der Waals surface area contributed by atoms with Gasteiger partial charge in [-0.1, -0.05) is 0 Å². The molecule has 6 aromatic heterocycles. The van der Waals surface area contributed by atoms with Crippen LogP contribution < -0.4 is 17.2 Å². The fourth-order valence-corrected chi connectivity index (χ4v) is 9.93. The van der Waals surface area contributed by atoms with E-state index in [-0.39, 0.29) is 59.0 Å². The van der Waals surface area contributed by atoms with E-state index in [2.05, 4.69) is 44.9 Å². The number of imidazole rings is 3. The molecule has 9 N–H and O–H groups in total. The summed E-state index contributed by atoms with van der Waals surface area (Å²) in [7, 11) is -13.0. The summed E-state index contributed by atoms with van der Waals surface area (Å²) in [5, 5.41) is 0. The number of ether oxygens (including phenoxy) is 4. The average Bonchev–Trinajstić information content (AvgIpc) is 4.09. The van der Waals surface area contributed by atoms with Crippen molar-refractivity contribution >= 4 is 74.2 Å². The number of methoxy groups -OCH3 is 1. The maximum atomic E-state index is 14.0. The number of rotatable bonds is 16. The second kappa shape index (κ2) is 17.2. The van der Waals surface area contributed by atoms with E-state index in [1.165, 1.54) is 54.2 Å². The van der Waals surface area contributed by atoms with Crippen LogP contribution in [0.4, 0.5) is 17.5 Å². The van der Waals surface area contributed by atoms with Gasteiger partial charge in [-0.25, -0.2) is 54.0 Å². The van der Waals surface area contributed by atoms with Crippen molar-refractivity contribution in [3.05, 3.63) is 38.0 Å². The molecule has 9 heterocycles. The van der Waals surface area contributed by atoms with Crippen molar-refractivity contribution in [3.63, 3.8) is 0 Å². The number of nitrogen functional groups attached to an aromatic ring is 3. The number of aromatic nitrogens is 12. The van der Waals surface area contributed by atoms with Gasteiger partial charge in [0.05, 0.1) is 38.3 Å². The van der Waals surface area contributed by atoms with Crippen LogP contribution in [0.15, 0.2) is 38.0 Å². The molecule has 3 aliphatic rings. The standard InChI is InChI=1S/C31H40N15O15P3/c1-53-14-3-19(44-11-41-22-25(32)35-8-38-28(22)44)56-17(14)7-55-63(49,50)61-31-16(5-21(58-31)46-13-43-24-27(34)37-10-40-30(24)46)60-64(51,52)59-15-4-20(57-18(15)6-54-62(2,47)48)45-12-42-23-26(33)36-9-39-29(23)45/h8-21,31H,3-7H2,1-2H3,(H,47,48)(H,49,50)(H,51,52)(H2,32,35,38)(H2,33,36,39)(H2,34,37,40)/t14?,15?,16-,17-,18-,19-,20-,21-,31-/m1/s1. The molecular weight excluding hydrogens is 915 g/mol. The van der Waals surface area contributed by atoms with E-state index < -0.39 is 91.9 Å². The number of hydrogen-bond donors (Lipinski definition) is 6. The molecule has 344 valence electrons. The molecule has 0 saturated carbocycles. The normalized spacial score (nSPS) is 29.1. The van der Waals surface area contributed by atoms with Crippen LogP contribution in [-0.4, -0.2) is 137 Å². The molecule has 12 atom stereocenters. The van der Waals surface area contributed by atoms with Gasteiger partial charge in [0.2, 0.25) is 0 Å². The first-order valence-electron chi connectivity index (χ1n) is 19.0. The topological polar surface area (TPSA) is 404 Å². The van der Waals surface area contributed by atoms with Crippen molar-refractivity contribution in [3.8, 4) is 0 Å². The van der Waals surface area contributed by atoms with Crippen LogP contribution in [0, 0.1) is 0 Å². The summed E-state index contributed by atoms with van der Waals surface area (Å²) in [5.41, 5.74) is 19.5. The summed E-state index contributed by atoms with van der Waals surface area (Å²) in [6.45, 7) is -0.143. The van der Waals surface area contributed by atoms with Gasteiger partial charge < -0.3 is 55.4 Å². The van der Waals surface area contributed by atoms with Crippen molar-refractivity contribution in [1.82, 2.24) is 58.6 Å². The summed E-state index contributed by atoms with van der Waals surface area (Å²) in [4.78, 5) is 69.4. The molecule has 5 unspecified atom stereocenters. The fourth-order valence-electron chi connectivity index (χ4n) is 7.52. The molecule has 0 spiro atoms. The Morgan fingerprint density at radius 3 is 1.50 bits per heavy atom. The van der Waals surface area contributed by atoms with E-state index in [0.717, 1.165) is 6.66 Å². The highest BCUT2D eigenvalue weighted by Gasteiger charge is 2.49. The Hall–Kier alpha value is -4.74. The molecular formula is C31H40N15O15P3. The largest absolute Gasteiger partial charge is 0.474 e. The maximum Gasteiger partial charge on any atom is 0.474 e. The van der Waals surface area contributed by atoms with E-state index in [0.29, 0.717) is 11.2 Å². The van der Waals surface area contributed by atoms with Crippen molar-refractivity contribution in [1.29, 1.82) is 0 Å². The molecule has 64 heavy (non-hydrogen) atoms. The number of anilines is 3. The van der Waals surface area contributed by atoms with Gasteiger partial charge in [-0.2, -0.15) is 0 Å². The molecule has 0 radical (unpaired) electrons. The number of nitrogens with zero attached hydrogens (tertiary/aromatic N) is 12. The summed E-state index contributed by atoms with van der Waals surface area (Å²) in [6.07, 6.45) is -2.85. The average molecular weight is 956 g/mol. The monoisotopic (exact) mass is 955 g/mol. The predicted octanol–water partition coefficient (Wildman–Crippen LogP) is 0.924. The van der Waals surface area contributed by atoms with Crippen LogP contribution in [0.3, 0.4) is 0 Å². The van der Waals surface area contributed by atoms with Crippen LogP contribution in [0.5, 0.6) is 0 Å². The number of nitrogens with two attached hydrogens (primary N) is 3. The first-order chi connectivity index (χ1) is 30.5. The van der Waals surface area contributed by atoms with Gasteiger partial charge in [0, 0.05) is 33.0 Å². The van der Waals surface area contributed by atoms with Crippen LogP contribution in [0.25, 0.3) is 33.5 Å². The highest BCUT2D eigenvalue weighted by Crippen LogP contribution is 2.55. The first-order valence-corrected chi connectivity index (χ1v) is 24.1. The van der Waals surface area contributed by atoms with Gasteiger partial charge in [0.25, 0.3) is 0 Å². The molecule has 3 aliphatic heterocycles. The molecule has 0 amide bonds. The fraction of sp³-hybridized carbons (Fsp3) is 0.516. The predicted molar refractivity (Wildman–Crippen MR) is 214 cm³/mol. The SMILES string of the molecule is COC1C[C@H](n2cnc3c(N)ncnc32)O[C@@H]1COP(=O)(O)O[C@H]1O[C@@H](n2cnc3c(N)ncnc32)C[C@H]1OP(=O)(O)OC1C[C@H](n2cnc3c(N)ncnc32)O[C@@H]1COP(C)(=O)O. The lowest BCUT2D eigenvalue weighted by Crippen LogP contribution is -2.31. The Morgan fingerprint density at radius 1 is 0.594 bits per heavy atom. The van der Waals surface area contributed by atoms with E-state index in [1.807, 2.05) is 0 Å². The third-order valence-corrected chi connectivity index (χ3v) is 13.1. The summed E-state index contributed by atoms with van der Waals surface area (Å²) < 4.78 is 95.3. The van der Waals surface area contributed by atoms with Crippen molar-refractivity contribution < 1.29 is 69.9 Å². The van der Waals surface area contributed by atoms with E-state index in [4.69, 9.17) is 58.8 Å². The Morgan fingerprint density at radius 2 is 1.02 bits per heavy atom.